The maximum Gasteiger partial charge on any atom is 0.251 e. The Balaban J connectivity index is 2.06. The maximum atomic E-state index is 12.7. The molecule has 0 unspecified atom stereocenters. The summed E-state index contributed by atoms with van der Waals surface area (Å²) in [5.74, 6) is 0.473. The highest BCUT2D eigenvalue weighted by Crippen LogP contribution is 2.24. The standard InChI is InChI=1S/C21H26N6O2/c1-4-5-6-20-24-25-26-27(20)18-10-16(19-8-7-14(2)12-22-19)9-17(11-18)21(29)23-15(3)13-28/h7-12,15,28H,4-6,13H2,1-3H3,(H,23,29)/t15-/m0/s1. The number of hydrogen-bond acceptors (Lipinski definition) is 6. The summed E-state index contributed by atoms with van der Waals surface area (Å²) in [6.45, 7) is 5.70. The van der Waals surface area contributed by atoms with Crippen LogP contribution < -0.4 is 5.32 Å². The van der Waals surface area contributed by atoms with Crippen molar-refractivity contribution in [3.05, 3.63) is 53.5 Å². The second-order valence-electron chi connectivity index (χ2n) is 7.16. The summed E-state index contributed by atoms with van der Waals surface area (Å²) in [5, 5.41) is 24.1. The van der Waals surface area contributed by atoms with Crippen molar-refractivity contribution >= 4 is 5.91 Å². The fourth-order valence-corrected chi connectivity index (χ4v) is 2.90. The summed E-state index contributed by atoms with van der Waals surface area (Å²) in [6, 6.07) is 9.02. The number of unbranched alkanes of at least 4 members (excludes halogenated alkanes) is 1. The molecule has 0 aliphatic heterocycles. The lowest BCUT2D eigenvalue weighted by atomic mass is 10.0. The number of aromatic nitrogens is 5. The molecule has 29 heavy (non-hydrogen) atoms. The van der Waals surface area contributed by atoms with Gasteiger partial charge in [-0.05, 0) is 60.5 Å². The molecule has 2 heterocycles. The van der Waals surface area contributed by atoms with Gasteiger partial charge in [-0.1, -0.05) is 19.4 Å². The first-order chi connectivity index (χ1) is 14.0. The summed E-state index contributed by atoms with van der Waals surface area (Å²) < 4.78 is 1.67. The van der Waals surface area contributed by atoms with Crippen LogP contribution in [-0.2, 0) is 6.42 Å². The van der Waals surface area contributed by atoms with Crippen LogP contribution in [-0.4, -0.2) is 48.9 Å². The van der Waals surface area contributed by atoms with Gasteiger partial charge in [-0.15, -0.1) is 5.10 Å². The number of nitrogens with zero attached hydrogens (tertiary/aromatic N) is 5. The van der Waals surface area contributed by atoms with E-state index in [1.165, 1.54) is 0 Å². The number of aliphatic hydroxyl groups excluding tert-OH is 1. The van der Waals surface area contributed by atoms with E-state index in [-0.39, 0.29) is 18.6 Å². The van der Waals surface area contributed by atoms with Gasteiger partial charge in [0, 0.05) is 29.8 Å². The highest BCUT2D eigenvalue weighted by atomic mass is 16.3. The number of aliphatic hydroxyl groups is 1. The zero-order valence-corrected chi connectivity index (χ0v) is 17.0. The van der Waals surface area contributed by atoms with Crippen molar-refractivity contribution in [2.24, 2.45) is 0 Å². The number of hydrogen-bond donors (Lipinski definition) is 2. The summed E-state index contributed by atoms with van der Waals surface area (Å²) >= 11 is 0. The van der Waals surface area contributed by atoms with Crippen LogP contribution in [0.25, 0.3) is 16.9 Å². The number of amides is 1. The number of nitrogens with one attached hydrogen (secondary N) is 1. The lowest BCUT2D eigenvalue weighted by Gasteiger charge is -2.14. The van der Waals surface area contributed by atoms with E-state index in [9.17, 15) is 9.90 Å². The van der Waals surface area contributed by atoms with E-state index in [0.717, 1.165) is 41.9 Å². The van der Waals surface area contributed by atoms with E-state index < -0.39 is 0 Å². The minimum atomic E-state index is -0.347. The molecule has 152 valence electrons. The van der Waals surface area contributed by atoms with Crippen molar-refractivity contribution in [2.75, 3.05) is 6.61 Å². The van der Waals surface area contributed by atoms with Gasteiger partial charge in [0.25, 0.3) is 5.91 Å². The van der Waals surface area contributed by atoms with E-state index in [1.807, 2.05) is 25.1 Å². The molecule has 0 fully saturated rings. The first kappa shape index (κ1) is 20.6. The average Bonchev–Trinajstić information content (AvgIpc) is 3.20. The Morgan fingerprint density at radius 3 is 2.79 bits per heavy atom. The average molecular weight is 394 g/mol. The minimum Gasteiger partial charge on any atom is -0.394 e. The molecule has 1 aromatic carbocycles. The van der Waals surface area contributed by atoms with Crippen LogP contribution in [0.1, 0.15) is 48.4 Å². The smallest absolute Gasteiger partial charge is 0.251 e. The van der Waals surface area contributed by atoms with E-state index >= 15 is 0 Å². The van der Waals surface area contributed by atoms with Crippen LogP contribution in [0, 0.1) is 6.92 Å². The summed E-state index contributed by atoms with van der Waals surface area (Å²) in [7, 11) is 0. The van der Waals surface area contributed by atoms with Crippen LogP contribution in [0.3, 0.4) is 0 Å². The van der Waals surface area contributed by atoms with E-state index in [4.69, 9.17) is 0 Å². The second-order valence-corrected chi connectivity index (χ2v) is 7.16. The van der Waals surface area contributed by atoms with Crippen LogP contribution in [0.2, 0.25) is 0 Å². The molecule has 0 bridgehead atoms. The van der Waals surface area contributed by atoms with Crippen LogP contribution in [0.4, 0.5) is 0 Å². The van der Waals surface area contributed by atoms with Crippen molar-refractivity contribution < 1.29 is 9.90 Å². The Labute approximate surface area is 170 Å². The van der Waals surface area contributed by atoms with Gasteiger partial charge in [-0.25, -0.2) is 0 Å². The molecule has 0 radical (unpaired) electrons. The molecule has 8 heteroatoms. The highest BCUT2D eigenvalue weighted by Gasteiger charge is 2.16. The Hall–Kier alpha value is -3.13. The lowest BCUT2D eigenvalue weighted by molar-refractivity contribution is 0.0922. The summed E-state index contributed by atoms with van der Waals surface area (Å²) in [6.07, 6.45) is 4.55. The van der Waals surface area contributed by atoms with E-state index in [1.54, 1.807) is 29.9 Å². The van der Waals surface area contributed by atoms with Gasteiger partial charge in [0.05, 0.1) is 18.0 Å². The molecule has 1 amide bonds. The molecule has 2 aromatic heterocycles. The quantitative estimate of drug-likeness (QED) is 0.608. The van der Waals surface area contributed by atoms with Gasteiger partial charge in [-0.3, -0.25) is 9.78 Å². The Kier molecular flexibility index (Phi) is 6.66. The number of pyridine rings is 1. The van der Waals surface area contributed by atoms with Gasteiger partial charge >= 0.3 is 0 Å². The van der Waals surface area contributed by atoms with Crippen molar-refractivity contribution in [3.63, 3.8) is 0 Å². The second kappa shape index (κ2) is 9.38. The largest absolute Gasteiger partial charge is 0.394 e. The van der Waals surface area contributed by atoms with Gasteiger partial charge in [0.2, 0.25) is 0 Å². The maximum absolute atomic E-state index is 12.7. The molecule has 8 nitrogen and oxygen atoms in total. The SMILES string of the molecule is CCCCc1nnnn1-c1cc(C(=O)N[C@@H](C)CO)cc(-c2ccc(C)cn2)c1. The fourth-order valence-electron chi connectivity index (χ4n) is 2.90. The van der Waals surface area contributed by atoms with Gasteiger partial charge in [0.1, 0.15) is 0 Å². The van der Waals surface area contributed by atoms with Gasteiger partial charge in [0.15, 0.2) is 5.82 Å². The molecular formula is C21H26N6O2. The molecule has 3 rings (SSSR count). The zero-order chi connectivity index (χ0) is 20.8. The topological polar surface area (TPSA) is 106 Å². The predicted octanol–water partition coefficient (Wildman–Crippen LogP) is 2.49. The number of aryl methyl sites for hydroxylation is 2. The fraction of sp³-hybridized carbons (Fsp3) is 0.381. The Morgan fingerprint density at radius 2 is 2.10 bits per heavy atom. The predicted molar refractivity (Wildman–Crippen MR) is 110 cm³/mol. The number of tetrazole rings is 1. The molecule has 2 N–H and O–H groups in total. The molecule has 0 saturated heterocycles. The van der Waals surface area contributed by atoms with Crippen LogP contribution in [0.15, 0.2) is 36.5 Å². The van der Waals surface area contributed by atoms with Crippen molar-refractivity contribution in [2.45, 2.75) is 46.1 Å². The third kappa shape index (κ3) is 5.03. The first-order valence-electron chi connectivity index (χ1n) is 9.79. The van der Waals surface area contributed by atoms with Crippen LogP contribution in [0.5, 0.6) is 0 Å². The van der Waals surface area contributed by atoms with Crippen molar-refractivity contribution in [1.82, 2.24) is 30.5 Å². The first-order valence-corrected chi connectivity index (χ1v) is 9.79. The molecule has 0 saturated carbocycles. The van der Waals surface area contributed by atoms with Gasteiger partial charge in [-0.2, -0.15) is 4.68 Å². The normalized spacial score (nSPS) is 12.0. The Morgan fingerprint density at radius 1 is 1.28 bits per heavy atom. The minimum absolute atomic E-state index is 0.133. The molecule has 0 aliphatic rings. The number of benzene rings is 1. The molecular weight excluding hydrogens is 368 g/mol. The number of carbonyl (C=O) groups excluding carboxylic acids is 1. The Bertz CT molecular complexity index is 968. The molecule has 1 atom stereocenters. The van der Waals surface area contributed by atoms with Gasteiger partial charge < -0.3 is 10.4 Å². The van der Waals surface area contributed by atoms with E-state index in [0.29, 0.717) is 11.3 Å². The third-order valence-corrected chi connectivity index (χ3v) is 4.57. The molecule has 3 aromatic rings. The molecule has 0 aliphatic carbocycles. The monoisotopic (exact) mass is 394 g/mol. The molecule has 0 spiro atoms. The zero-order valence-electron chi connectivity index (χ0n) is 17.0. The third-order valence-electron chi connectivity index (χ3n) is 4.57. The summed E-state index contributed by atoms with van der Waals surface area (Å²) in [4.78, 5) is 17.2. The van der Waals surface area contributed by atoms with Crippen molar-refractivity contribution in [3.8, 4) is 16.9 Å². The van der Waals surface area contributed by atoms with Crippen molar-refractivity contribution in [1.29, 1.82) is 0 Å². The number of carbonyl (C=O) groups is 1. The lowest BCUT2D eigenvalue weighted by Crippen LogP contribution is -2.35. The highest BCUT2D eigenvalue weighted by molar-refractivity contribution is 5.96. The van der Waals surface area contributed by atoms with E-state index in [2.05, 4.69) is 32.7 Å². The summed E-state index contributed by atoms with van der Waals surface area (Å²) in [5.41, 5.74) is 3.76. The van der Waals surface area contributed by atoms with Crippen LogP contribution >= 0.6 is 0 Å². The number of rotatable bonds is 8.